The zero-order valence-electron chi connectivity index (χ0n) is 26.7. The smallest absolute Gasteiger partial charge is 0.408 e. The summed E-state index contributed by atoms with van der Waals surface area (Å²) in [6.45, 7) is 12.4. The molecule has 0 unspecified atom stereocenters. The number of aliphatic carboxylic acids is 1. The van der Waals surface area contributed by atoms with Gasteiger partial charge in [0.1, 0.15) is 12.1 Å². The second kappa shape index (κ2) is 12.7. The van der Waals surface area contributed by atoms with Crippen molar-refractivity contribution in [2.75, 3.05) is 0 Å². The average molecular weight is 578 g/mol. The first-order valence-electron chi connectivity index (χ1n) is 16.9. The standard InChI is InChI=1S/C37H55NO4/c1-24(2)10-9-11-25(3)30-16-17-31-29-15-14-27-23-28(18-20-36(27,4)32(29)19-21-37(30,31)5)42-35(41)38-33(34(39)40)22-26-12-7-6-8-13-26/h6-8,12-14,24-25,28-33H,9-11,15-23H2,1-5H3,(H,38,41)(H,39,40)/t25-,28+,29+,30-,31+,32+,33+,36+,37-/m1/s1. The molecule has 9 atom stereocenters. The summed E-state index contributed by atoms with van der Waals surface area (Å²) in [4.78, 5) is 24.7. The Hall–Kier alpha value is -2.30. The molecule has 3 saturated carbocycles. The maximum atomic E-state index is 12.8. The fourth-order valence-corrected chi connectivity index (χ4v) is 10.1. The fraction of sp³-hybridized carbons (Fsp3) is 0.730. The number of amides is 1. The van der Waals surface area contributed by atoms with E-state index in [4.69, 9.17) is 4.74 Å². The summed E-state index contributed by atoms with van der Waals surface area (Å²) in [6.07, 6.45) is 15.4. The summed E-state index contributed by atoms with van der Waals surface area (Å²) < 4.78 is 5.86. The molecule has 5 heteroatoms. The first-order valence-corrected chi connectivity index (χ1v) is 16.9. The second-order valence-electron chi connectivity index (χ2n) is 15.3. The molecular formula is C37H55NO4. The van der Waals surface area contributed by atoms with Crippen molar-refractivity contribution in [3.63, 3.8) is 0 Å². The Labute approximate surface area is 254 Å². The number of alkyl carbamates (subject to hydrolysis) is 1. The molecule has 0 saturated heterocycles. The second-order valence-corrected chi connectivity index (χ2v) is 15.3. The lowest BCUT2D eigenvalue weighted by Crippen LogP contribution is -2.51. The third-order valence-corrected chi connectivity index (χ3v) is 12.4. The van der Waals surface area contributed by atoms with Crippen LogP contribution in [0, 0.1) is 46.3 Å². The van der Waals surface area contributed by atoms with Crippen molar-refractivity contribution in [1.29, 1.82) is 0 Å². The number of carboxylic acids is 1. The first kappa shape index (κ1) is 31.1. The Morgan fingerprint density at radius 3 is 2.48 bits per heavy atom. The summed E-state index contributed by atoms with van der Waals surface area (Å²) in [7, 11) is 0. The van der Waals surface area contributed by atoms with Gasteiger partial charge in [-0.2, -0.15) is 0 Å². The largest absolute Gasteiger partial charge is 0.480 e. The van der Waals surface area contributed by atoms with Gasteiger partial charge in [0, 0.05) is 12.8 Å². The quantitative estimate of drug-likeness (QED) is 0.272. The third kappa shape index (κ3) is 6.31. The van der Waals surface area contributed by atoms with Crippen LogP contribution in [0.25, 0.3) is 0 Å². The first-order chi connectivity index (χ1) is 20.0. The lowest BCUT2D eigenvalue weighted by molar-refractivity contribution is -0.139. The minimum Gasteiger partial charge on any atom is -0.480 e. The summed E-state index contributed by atoms with van der Waals surface area (Å²) in [5.41, 5.74) is 3.03. The van der Waals surface area contributed by atoms with Gasteiger partial charge in [-0.25, -0.2) is 9.59 Å². The van der Waals surface area contributed by atoms with E-state index in [9.17, 15) is 14.7 Å². The number of nitrogens with one attached hydrogen (secondary N) is 1. The van der Waals surface area contributed by atoms with Gasteiger partial charge in [0.15, 0.2) is 0 Å². The highest BCUT2D eigenvalue weighted by Gasteiger charge is 2.59. The third-order valence-electron chi connectivity index (χ3n) is 12.4. The Morgan fingerprint density at radius 1 is 1.00 bits per heavy atom. The van der Waals surface area contributed by atoms with Crippen LogP contribution in [0.2, 0.25) is 0 Å². The predicted octanol–water partition coefficient (Wildman–Crippen LogP) is 8.82. The topological polar surface area (TPSA) is 75.6 Å². The zero-order valence-corrected chi connectivity index (χ0v) is 26.7. The van der Waals surface area contributed by atoms with E-state index in [1.807, 2.05) is 30.3 Å². The number of carboxylic acid groups (broad SMARTS) is 1. The predicted molar refractivity (Wildman–Crippen MR) is 168 cm³/mol. The molecule has 1 aromatic rings. The van der Waals surface area contributed by atoms with Crippen LogP contribution < -0.4 is 5.32 Å². The number of fused-ring (bicyclic) bond motifs is 5. The Kier molecular flexibility index (Phi) is 9.45. The normalized spacial score (nSPS) is 35.3. The van der Waals surface area contributed by atoms with Crippen molar-refractivity contribution >= 4 is 12.1 Å². The van der Waals surface area contributed by atoms with E-state index in [0.29, 0.717) is 5.41 Å². The lowest BCUT2D eigenvalue weighted by Gasteiger charge is -2.58. The number of hydrogen-bond donors (Lipinski definition) is 2. The summed E-state index contributed by atoms with van der Waals surface area (Å²) in [6, 6.07) is 8.40. The lowest BCUT2D eigenvalue weighted by atomic mass is 9.47. The van der Waals surface area contributed by atoms with E-state index in [2.05, 4.69) is 46.0 Å². The molecule has 42 heavy (non-hydrogen) atoms. The van der Waals surface area contributed by atoms with Gasteiger partial charge in [0.05, 0.1) is 0 Å². The van der Waals surface area contributed by atoms with Gasteiger partial charge >= 0.3 is 12.1 Å². The van der Waals surface area contributed by atoms with Crippen molar-refractivity contribution in [2.45, 2.75) is 124 Å². The SMILES string of the molecule is CC(C)CCC[C@@H](C)[C@H]1CC[C@H]2[C@@H]3CC=C4C[C@@H](OC(=O)N[C@@H](Cc5ccccc5)C(=O)O)CC[C@]4(C)[C@H]3CC[C@]12C. The van der Waals surface area contributed by atoms with Crippen molar-refractivity contribution < 1.29 is 19.4 Å². The number of carbonyl (C=O) groups is 2. The van der Waals surface area contributed by atoms with Gasteiger partial charge in [0.25, 0.3) is 0 Å². The zero-order chi connectivity index (χ0) is 30.1. The molecule has 232 valence electrons. The highest BCUT2D eigenvalue weighted by atomic mass is 16.6. The van der Waals surface area contributed by atoms with Gasteiger partial charge in [-0.15, -0.1) is 0 Å². The van der Waals surface area contributed by atoms with E-state index in [1.165, 1.54) is 56.9 Å². The number of hydrogen-bond acceptors (Lipinski definition) is 3. The summed E-state index contributed by atoms with van der Waals surface area (Å²) in [5.74, 6) is 3.79. The molecule has 0 aromatic heterocycles. The van der Waals surface area contributed by atoms with Crippen LogP contribution in [0.15, 0.2) is 42.0 Å². The monoisotopic (exact) mass is 577 g/mol. The van der Waals surface area contributed by atoms with Crippen LogP contribution in [0.5, 0.6) is 0 Å². The molecule has 0 bridgehead atoms. The molecule has 4 aliphatic carbocycles. The minimum atomic E-state index is -1.04. The Balaban J connectivity index is 1.19. The van der Waals surface area contributed by atoms with E-state index in [1.54, 1.807) is 0 Å². The van der Waals surface area contributed by atoms with Crippen LogP contribution in [0.3, 0.4) is 0 Å². The molecule has 4 aliphatic rings. The maximum Gasteiger partial charge on any atom is 0.408 e. The highest BCUT2D eigenvalue weighted by molar-refractivity contribution is 5.80. The van der Waals surface area contributed by atoms with Crippen molar-refractivity contribution in [3.8, 4) is 0 Å². The molecule has 0 spiro atoms. The summed E-state index contributed by atoms with van der Waals surface area (Å²) in [5, 5.41) is 12.3. The van der Waals surface area contributed by atoms with E-state index >= 15 is 0 Å². The molecule has 3 fully saturated rings. The summed E-state index contributed by atoms with van der Waals surface area (Å²) >= 11 is 0. The fourth-order valence-electron chi connectivity index (χ4n) is 10.1. The van der Waals surface area contributed by atoms with Gasteiger partial charge in [-0.05, 0) is 96.8 Å². The molecule has 2 N–H and O–H groups in total. The van der Waals surface area contributed by atoms with Gasteiger partial charge in [-0.3, -0.25) is 0 Å². The average Bonchev–Trinajstić information content (AvgIpc) is 3.30. The van der Waals surface area contributed by atoms with E-state index in [0.717, 1.165) is 60.3 Å². The van der Waals surface area contributed by atoms with Crippen molar-refractivity contribution in [2.24, 2.45) is 46.3 Å². The number of rotatable bonds is 10. The number of allylic oxidation sites excluding steroid dienone is 1. The number of ether oxygens (including phenoxy) is 1. The molecule has 0 radical (unpaired) electrons. The molecule has 1 amide bonds. The van der Waals surface area contributed by atoms with E-state index in [-0.39, 0.29) is 17.9 Å². The molecule has 0 aliphatic heterocycles. The number of benzene rings is 1. The van der Waals surface area contributed by atoms with Crippen molar-refractivity contribution in [3.05, 3.63) is 47.5 Å². The van der Waals surface area contributed by atoms with Crippen molar-refractivity contribution in [1.82, 2.24) is 5.32 Å². The van der Waals surface area contributed by atoms with E-state index < -0.39 is 18.1 Å². The van der Waals surface area contributed by atoms with Gasteiger partial charge in [0.2, 0.25) is 0 Å². The molecule has 5 rings (SSSR count). The van der Waals surface area contributed by atoms with Crippen LogP contribution >= 0.6 is 0 Å². The van der Waals surface area contributed by atoms with Crippen LogP contribution in [0.4, 0.5) is 4.79 Å². The Morgan fingerprint density at radius 2 is 1.76 bits per heavy atom. The number of carbonyl (C=O) groups excluding carboxylic acids is 1. The minimum absolute atomic E-state index is 0.191. The molecular weight excluding hydrogens is 522 g/mol. The maximum absolute atomic E-state index is 12.8. The van der Waals surface area contributed by atoms with Crippen LogP contribution in [-0.4, -0.2) is 29.3 Å². The Bertz CT molecular complexity index is 1130. The highest BCUT2D eigenvalue weighted by Crippen LogP contribution is 2.67. The van der Waals surface area contributed by atoms with Crippen LogP contribution in [-0.2, 0) is 16.0 Å². The van der Waals surface area contributed by atoms with Gasteiger partial charge < -0.3 is 15.2 Å². The molecule has 0 heterocycles. The van der Waals surface area contributed by atoms with Crippen LogP contribution in [0.1, 0.15) is 111 Å². The van der Waals surface area contributed by atoms with Gasteiger partial charge in [-0.1, -0.05) is 95.9 Å². The molecule has 1 aromatic carbocycles. The molecule has 5 nitrogen and oxygen atoms in total.